The van der Waals surface area contributed by atoms with E-state index < -0.39 is 0 Å². The maximum Gasteiger partial charge on any atom is 0.273 e. The summed E-state index contributed by atoms with van der Waals surface area (Å²) in [6.07, 6.45) is 5.29. The zero-order chi connectivity index (χ0) is 23.8. The fourth-order valence-electron chi connectivity index (χ4n) is 3.41. The Morgan fingerprint density at radius 2 is 1.74 bits per heavy atom. The van der Waals surface area contributed by atoms with Gasteiger partial charge in [0, 0.05) is 12.4 Å². The molecular weight excluding hydrogens is 450 g/mol. The Morgan fingerprint density at radius 1 is 1.00 bits per heavy atom. The monoisotopic (exact) mass is 473 g/mol. The van der Waals surface area contributed by atoms with Crippen molar-refractivity contribution in [3.05, 3.63) is 113 Å². The molecule has 0 saturated heterocycles. The summed E-state index contributed by atoms with van der Waals surface area (Å²) in [5.74, 6) is 0.658. The molecule has 0 fully saturated rings. The average Bonchev–Trinajstić information content (AvgIpc) is 3.39. The highest BCUT2D eigenvalue weighted by molar-refractivity contribution is 6.32. The van der Waals surface area contributed by atoms with Crippen LogP contribution in [0.3, 0.4) is 0 Å². The van der Waals surface area contributed by atoms with Crippen LogP contribution in [-0.4, -0.2) is 23.3 Å². The van der Waals surface area contributed by atoms with Crippen molar-refractivity contribution >= 4 is 23.7 Å². The minimum Gasteiger partial charge on any atom is -0.490 e. The zero-order valence-electron chi connectivity index (χ0n) is 18.6. The van der Waals surface area contributed by atoms with Crippen LogP contribution in [0.4, 0.5) is 0 Å². The van der Waals surface area contributed by atoms with Crippen LogP contribution in [0.25, 0.3) is 5.69 Å². The number of aromatic nitrogens is 1. The first-order chi connectivity index (χ1) is 16.7. The summed E-state index contributed by atoms with van der Waals surface area (Å²) >= 11 is 6.49. The second kappa shape index (κ2) is 11.2. The second-order valence-electron chi connectivity index (χ2n) is 7.34. The first-order valence-corrected chi connectivity index (χ1v) is 11.2. The van der Waals surface area contributed by atoms with Crippen molar-refractivity contribution in [1.82, 2.24) is 9.99 Å². The molecule has 34 heavy (non-hydrogen) atoms. The Balaban J connectivity index is 1.48. The number of carbonyl (C=O) groups excluding carboxylic acids is 1. The summed E-state index contributed by atoms with van der Waals surface area (Å²) in [4.78, 5) is 12.8. The Bertz CT molecular complexity index is 1270. The molecule has 6 nitrogen and oxygen atoms in total. The van der Waals surface area contributed by atoms with Crippen molar-refractivity contribution < 1.29 is 14.3 Å². The van der Waals surface area contributed by atoms with Gasteiger partial charge in [-0.05, 0) is 54.4 Å². The Labute approximate surface area is 203 Å². The Morgan fingerprint density at radius 3 is 2.50 bits per heavy atom. The van der Waals surface area contributed by atoms with Gasteiger partial charge in [0.15, 0.2) is 11.5 Å². The molecule has 0 unspecified atom stereocenters. The summed E-state index contributed by atoms with van der Waals surface area (Å²) in [6, 6.07) is 24.4. The van der Waals surface area contributed by atoms with Crippen LogP contribution in [0, 0.1) is 0 Å². The van der Waals surface area contributed by atoms with Crippen LogP contribution in [0.1, 0.15) is 28.4 Å². The predicted molar refractivity (Wildman–Crippen MR) is 134 cm³/mol. The molecule has 7 heteroatoms. The first-order valence-electron chi connectivity index (χ1n) is 10.8. The molecular formula is C27H24ClN3O3. The predicted octanol–water partition coefficient (Wildman–Crippen LogP) is 5.87. The number of hydrogen-bond acceptors (Lipinski definition) is 4. The van der Waals surface area contributed by atoms with Gasteiger partial charge >= 0.3 is 0 Å². The molecule has 0 saturated carbocycles. The number of benzene rings is 3. The van der Waals surface area contributed by atoms with Crippen LogP contribution < -0.4 is 14.9 Å². The van der Waals surface area contributed by atoms with Gasteiger partial charge in [0.2, 0.25) is 0 Å². The maximum absolute atomic E-state index is 12.8. The molecule has 1 amide bonds. The minimum atomic E-state index is -0.320. The number of ether oxygens (including phenoxy) is 2. The van der Waals surface area contributed by atoms with Gasteiger partial charge in [-0.2, -0.15) is 5.10 Å². The standard InChI is InChI=1S/C27H24ClN3O3/c1-2-33-25-17-21(16-23(28)26(25)34-19-20-10-4-3-5-11-20)18-29-30-27(32)22-12-6-7-13-24(22)31-14-8-9-15-31/h3-18H,2,19H2,1H3,(H,30,32)/b29-18-. The number of hydrogen-bond donors (Lipinski definition) is 1. The molecule has 0 radical (unpaired) electrons. The largest absolute Gasteiger partial charge is 0.490 e. The number of nitrogens with zero attached hydrogens (tertiary/aromatic N) is 2. The SMILES string of the molecule is CCOc1cc(/C=N\NC(=O)c2ccccc2-n2cccc2)cc(Cl)c1OCc1ccccc1. The highest BCUT2D eigenvalue weighted by atomic mass is 35.5. The quantitative estimate of drug-likeness (QED) is 0.244. The van der Waals surface area contributed by atoms with Crippen molar-refractivity contribution in [1.29, 1.82) is 0 Å². The highest BCUT2D eigenvalue weighted by Gasteiger charge is 2.14. The van der Waals surface area contributed by atoms with E-state index in [1.807, 2.05) is 84.5 Å². The summed E-state index contributed by atoms with van der Waals surface area (Å²) in [7, 11) is 0. The van der Waals surface area contributed by atoms with Crippen molar-refractivity contribution in [2.45, 2.75) is 13.5 Å². The van der Waals surface area contributed by atoms with Gasteiger partial charge in [-0.15, -0.1) is 0 Å². The number of para-hydroxylation sites is 1. The number of carbonyl (C=O) groups is 1. The van der Waals surface area contributed by atoms with Gasteiger partial charge in [-0.1, -0.05) is 54.1 Å². The molecule has 0 atom stereocenters. The third-order valence-corrected chi connectivity index (χ3v) is 5.25. The molecule has 0 spiro atoms. The first kappa shape index (κ1) is 23.1. The number of hydrazone groups is 1. The van der Waals surface area contributed by atoms with E-state index in [9.17, 15) is 4.79 Å². The number of rotatable bonds is 9. The van der Waals surface area contributed by atoms with Crippen molar-refractivity contribution in [3.8, 4) is 17.2 Å². The van der Waals surface area contributed by atoms with Crippen LogP contribution in [-0.2, 0) is 6.61 Å². The zero-order valence-corrected chi connectivity index (χ0v) is 19.4. The topological polar surface area (TPSA) is 64.8 Å². The molecule has 4 aromatic rings. The van der Waals surface area contributed by atoms with Gasteiger partial charge in [-0.3, -0.25) is 4.79 Å². The maximum atomic E-state index is 12.8. The molecule has 172 valence electrons. The second-order valence-corrected chi connectivity index (χ2v) is 7.75. The van der Waals surface area contributed by atoms with Gasteiger partial charge in [0.05, 0.1) is 29.1 Å². The van der Waals surface area contributed by atoms with E-state index in [4.69, 9.17) is 21.1 Å². The minimum absolute atomic E-state index is 0.320. The van der Waals surface area contributed by atoms with Crippen LogP contribution in [0.2, 0.25) is 5.02 Å². The van der Waals surface area contributed by atoms with Crippen molar-refractivity contribution in [2.24, 2.45) is 5.10 Å². The van der Waals surface area contributed by atoms with Gasteiger partial charge in [0.1, 0.15) is 6.61 Å². The Kier molecular flexibility index (Phi) is 7.63. The molecule has 1 heterocycles. The molecule has 0 aliphatic rings. The normalized spacial score (nSPS) is 10.9. The highest BCUT2D eigenvalue weighted by Crippen LogP contribution is 2.37. The fraction of sp³-hybridized carbons (Fsp3) is 0.111. The van der Waals surface area contributed by atoms with Crippen molar-refractivity contribution in [3.63, 3.8) is 0 Å². The van der Waals surface area contributed by atoms with Gasteiger partial charge in [0.25, 0.3) is 5.91 Å². The molecule has 1 N–H and O–H groups in total. The molecule has 3 aromatic carbocycles. The van der Waals surface area contributed by atoms with E-state index in [-0.39, 0.29) is 5.91 Å². The average molecular weight is 474 g/mol. The number of halogens is 1. The van der Waals surface area contributed by atoms with E-state index in [2.05, 4.69) is 10.5 Å². The smallest absolute Gasteiger partial charge is 0.273 e. The summed E-state index contributed by atoms with van der Waals surface area (Å²) in [6.45, 7) is 2.70. The molecule has 4 rings (SSSR count). The Hall–Kier alpha value is -4.03. The van der Waals surface area contributed by atoms with E-state index in [0.29, 0.717) is 40.9 Å². The van der Waals surface area contributed by atoms with Crippen LogP contribution in [0.15, 0.2) is 96.4 Å². The summed E-state index contributed by atoms with van der Waals surface area (Å²) in [5, 5.41) is 4.51. The number of amides is 1. The van der Waals surface area contributed by atoms with Gasteiger partial charge in [-0.25, -0.2) is 5.43 Å². The summed E-state index contributed by atoms with van der Waals surface area (Å²) < 4.78 is 13.6. The molecule has 1 aromatic heterocycles. The third-order valence-electron chi connectivity index (χ3n) is 4.97. The van der Waals surface area contributed by atoms with Gasteiger partial charge < -0.3 is 14.0 Å². The van der Waals surface area contributed by atoms with Crippen LogP contribution in [0.5, 0.6) is 11.5 Å². The molecule has 0 bridgehead atoms. The third kappa shape index (κ3) is 5.66. The summed E-state index contributed by atoms with van der Waals surface area (Å²) in [5.41, 5.74) is 5.55. The fourth-order valence-corrected chi connectivity index (χ4v) is 3.68. The van der Waals surface area contributed by atoms with E-state index >= 15 is 0 Å². The van der Waals surface area contributed by atoms with E-state index in [1.165, 1.54) is 6.21 Å². The number of nitrogens with one attached hydrogen (secondary N) is 1. The molecule has 0 aliphatic heterocycles. The lowest BCUT2D eigenvalue weighted by Gasteiger charge is -2.14. The lowest BCUT2D eigenvalue weighted by atomic mass is 10.1. The van der Waals surface area contributed by atoms with E-state index in [1.54, 1.807) is 18.2 Å². The lowest BCUT2D eigenvalue weighted by molar-refractivity contribution is 0.0955. The lowest BCUT2D eigenvalue weighted by Crippen LogP contribution is -2.19. The molecule has 0 aliphatic carbocycles. The van der Waals surface area contributed by atoms with Crippen LogP contribution >= 0.6 is 11.6 Å². The van der Waals surface area contributed by atoms with E-state index in [0.717, 1.165) is 11.3 Å². The van der Waals surface area contributed by atoms with Crippen molar-refractivity contribution in [2.75, 3.05) is 6.61 Å².